The van der Waals surface area contributed by atoms with Crippen molar-refractivity contribution in [3.05, 3.63) is 12.7 Å². The van der Waals surface area contributed by atoms with Crippen molar-refractivity contribution in [3.8, 4) is 0 Å². The van der Waals surface area contributed by atoms with E-state index in [-0.39, 0.29) is 17.4 Å². The summed E-state index contributed by atoms with van der Waals surface area (Å²) in [7, 11) is 0. The molecule has 0 aromatic carbocycles. The molecule has 0 spiro atoms. The molecule has 86 valence electrons. The molecule has 2 unspecified atom stereocenters. The van der Waals surface area contributed by atoms with Crippen LogP contribution in [0.1, 0.15) is 40.0 Å². The molecule has 2 fully saturated rings. The lowest BCUT2D eigenvalue weighted by molar-refractivity contribution is -0.128. The van der Waals surface area contributed by atoms with Gasteiger partial charge in [-0.05, 0) is 24.2 Å². The van der Waals surface area contributed by atoms with E-state index in [1.54, 1.807) is 0 Å². The Morgan fingerprint density at radius 3 is 2.20 bits per heavy atom. The molecule has 1 N–H and O–H groups in total. The standard InChI is InChI=1S/C10H16O.C3H6O/c1-9(2)7-4-5-10(9,3)8(11)6-7;1-2-3-4/h7H,4-6H2,1-3H3;2,4H,1,3H2. The van der Waals surface area contributed by atoms with E-state index >= 15 is 0 Å². The number of ketones is 1. The van der Waals surface area contributed by atoms with Crippen LogP contribution in [0.15, 0.2) is 12.7 Å². The number of carbonyl (C=O) groups excluding carboxylic acids is 1. The van der Waals surface area contributed by atoms with Gasteiger partial charge in [0.1, 0.15) is 5.78 Å². The average Bonchev–Trinajstić information content (AvgIpc) is 2.51. The molecule has 0 heterocycles. The molecule has 2 saturated carbocycles. The molecular formula is C13H22O2. The van der Waals surface area contributed by atoms with Gasteiger partial charge in [-0.2, -0.15) is 0 Å². The summed E-state index contributed by atoms with van der Waals surface area (Å²) in [5.41, 5.74) is 0.307. The lowest BCUT2D eigenvalue weighted by Gasteiger charge is -2.32. The maximum absolute atomic E-state index is 11.6. The molecule has 2 nitrogen and oxygen atoms in total. The SMILES string of the molecule is C=CCO.CC12CCC(CC1=O)C2(C)C. The van der Waals surface area contributed by atoms with E-state index in [0.29, 0.717) is 11.7 Å². The van der Waals surface area contributed by atoms with E-state index in [1.165, 1.54) is 12.5 Å². The second-order valence-corrected chi connectivity index (χ2v) is 5.39. The first-order valence-corrected chi connectivity index (χ1v) is 5.65. The summed E-state index contributed by atoms with van der Waals surface area (Å²) in [6, 6.07) is 0. The van der Waals surface area contributed by atoms with Crippen molar-refractivity contribution in [2.75, 3.05) is 6.61 Å². The van der Waals surface area contributed by atoms with Gasteiger partial charge in [-0.3, -0.25) is 4.79 Å². The Balaban J connectivity index is 0.000000245. The number of aliphatic hydroxyl groups is 1. The molecule has 0 aromatic rings. The van der Waals surface area contributed by atoms with Crippen LogP contribution >= 0.6 is 0 Å². The molecule has 0 amide bonds. The number of hydrogen-bond acceptors (Lipinski definition) is 2. The van der Waals surface area contributed by atoms with Crippen molar-refractivity contribution >= 4 is 5.78 Å². The molecule has 2 aliphatic carbocycles. The van der Waals surface area contributed by atoms with Crippen molar-refractivity contribution < 1.29 is 9.90 Å². The molecule has 15 heavy (non-hydrogen) atoms. The van der Waals surface area contributed by atoms with E-state index in [9.17, 15) is 4.79 Å². The Morgan fingerprint density at radius 2 is 2.07 bits per heavy atom. The van der Waals surface area contributed by atoms with Gasteiger partial charge in [-0.1, -0.05) is 26.8 Å². The molecule has 0 radical (unpaired) electrons. The molecule has 2 aliphatic rings. The molecule has 2 bridgehead atoms. The molecule has 2 heteroatoms. The van der Waals surface area contributed by atoms with Crippen LogP contribution in [0.3, 0.4) is 0 Å². The summed E-state index contributed by atoms with van der Waals surface area (Å²) in [6.07, 6.45) is 4.68. The van der Waals surface area contributed by atoms with Crippen LogP contribution in [0, 0.1) is 16.7 Å². The molecule has 0 saturated heterocycles. The Labute approximate surface area is 92.4 Å². The average molecular weight is 210 g/mol. The zero-order valence-corrected chi connectivity index (χ0v) is 10.0. The smallest absolute Gasteiger partial charge is 0.139 e. The van der Waals surface area contributed by atoms with Crippen LogP contribution in [-0.2, 0) is 4.79 Å². The highest BCUT2D eigenvalue weighted by atomic mass is 16.2. The topological polar surface area (TPSA) is 37.3 Å². The lowest BCUT2D eigenvalue weighted by atomic mass is 9.70. The summed E-state index contributed by atoms with van der Waals surface area (Å²) in [6.45, 7) is 9.99. The first-order chi connectivity index (χ1) is 6.90. The Bertz CT molecular complexity index is 268. The van der Waals surface area contributed by atoms with Crippen LogP contribution in [0.25, 0.3) is 0 Å². The Hall–Kier alpha value is -0.630. The maximum atomic E-state index is 11.6. The zero-order chi connectivity index (χ0) is 11.7. The number of Topliss-reactive ketones (excluding diaryl/α,β-unsaturated/α-hetero) is 1. The first-order valence-electron chi connectivity index (χ1n) is 5.65. The van der Waals surface area contributed by atoms with E-state index < -0.39 is 0 Å². The summed E-state index contributed by atoms with van der Waals surface area (Å²) < 4.78 is 0. The molecule has 0 aromatic heterocycles. The van der Waals surface area contributed by atoms with E-state index in [1.807, 2.05) is 0 Å². The number of fused-ring (bicyclic) bond motifs is 2. The third kappa shape index (κ3) is 1.76. The summed E-state index contributed by atoms with van der Waals surface area (Å²) in [5.74, 6) is 1.19. The highest BCUT2D eigenvalue weighted by Crippen LogP contribution is 2.63. The van der Waals surface area contributed by atoms with Gasteiger partial charge >= 0.3 is 0 Å². The monoisotopic (exact) mass is 210 g/mol. The van der Waals surface area contributed by atoms with E-state index in [0.717, 1.165) is 12.8 Å². The first kappa shape index (κ1) is 12.4. The largest absolute Gasteiger partial charge is 0.392 e. The van der Waals surface area contributed by atoms with Gasteiger partial charge in [0.25, 0.3) is 0 Å². The molecule has 2 rings (SSSR count). The Morgan fingerprint density at radius 1 is 1.53 bits per heavy atom. The molecule has 2 atom stereocenters. The normalized spacial score (nSPS) is 36.0. The highest BCUT2D eigenvalue weighted by molar-refractivity contribution is 5.89. The predicted octanol–water partition coefficient (Wildman–Crippen LogP) is 2.57. The third-order valence-electron chi connectivity index (χ3n) is 4.61. The van der Waals surface area contributed by atoms with Crippen molar-refractivity contribution in [2.45, 2.75) is 40.0 Å². The van der Waals surface area contributed by atoms with Crippen molar-refractivity contribution in [1.82, 2.24) is 0 Å². The zero-order valence-electron chi connectivity index (χ0n) is 10.0. The van der Waals surface area contributed by atoms with Gasteiger partial charge < -0.3 is 5.11 Å². The van der Waals surface area contributed by atoms with Crippen LogP contribution in [0.4, 0.5) is 0 Å². The number of aliphatic hydroxyl groups excluding tert-OH is 1. The fourth-order valence-electron chi connectivity index (χ4n) is 2.90. The number of carbonyl (C=O) groups is 1. The minimum atomic E-state index is 0.0255. The van der Waals surface area contributed by atoms with E-state index in [4.69, 9.17) is 5.11 Å². The minimum Gasteiger partial charge on any atom is -0.392 e. The predicted molar refractivity (Wildman–Crippen MR) is 61.5 cm³/mol. The van der Waals surface area contributed by atoms with Gasteiger partial charge in [0.15, 0.2) is 0 Å². The van der Waals surface area contributed by atoms with Crippen molar-refractivity contribution in [3.63, 3.8) is 0 Å². The molecular weight excluding hydrogens is 188 g/mol. The van der Waals surface area contributed by atoms with Gasteiger partial charge in [-0.15, -0.1) is 6.58 Å². The summed E-state index contributed by atoms with van der Waals surface area (Å²) >= 11 is 0. The van der Waals surface area contributed by atoms with Gasteiger partial charge in [0.05, 0.1) is 6.61 Å². The second kappa shape index (κ2) is 4.09. The maximum Gasteiger partial charge on any atom is 0.139 e. The highest BCUT2D eigenvalue weighted by Gasteiger charge is 2.61. The van der Waals surface area contributed by atoms with E-state index in [2.05, 4.69) is 27.4 Å². The summed E-state index contributed by atoms with van der Waals surface area (Å²) in [5, 5.41) is 7.76. The fourth-order valence-corrected chi connectivity index (χ4v) is 2.90. The fraction of sp³-hybridized carbons (Fsp3) is 0.769. The second-order valence-electron chi connectivity index (χ2n) is 5.39. The van der Waals surface area contributed by atoms with Gasteiger partial charge in [0, 0.05) is 11.8 Å². The van der Waals surface area contributed by atoms with Gasteiger partial charge in [-0.25, -0.2) is 0 Å². The van der Waals surface area contributed by atoms with Crippen LogP contribution < -0.4 is 0 Å². The van der Waals surface area contributed by atoms with Crippen LogP contribution in [-0.4, -0.2) is 17.5 Å². The van der Waals surface area contributed by atoms with Crippen molar-refractivity contribution in [2.24, 2.45) is 16.7 Å². The molecule has 0 aliphatic heterocycles. The third-order valence-corrected chi connectivity index (χ3v) is 4.61. The minimum absolute atomic E-state index is 0.0255. The van der Waals surface area contributed by atoms with Crippen LogP contribution in [0.2, 0.25) is 0 Å². The lowest BCUT2D eigenvalue weighted by Crippen LogP contribution is -2.32. The number of rotatable bonds is 1. The van der Waals surface area contributed by atoms with Gasteiger partial charge in [0.2, 0.25) is 0 Å². The number of hydrogen-bond donors (Lipinski definition) is 1. The summed E-state index contributed by atoms with van der Waals surface area (Å²) in [4.78, 5) is 11.6. The van der Waals surface area contributed by atoms with Crippen LogP contribution in [0.5, 0.6) is 0 Å². The van der Waals surface area contributed by atoms with Crippen molar-refractivity contribution in [1.29, 1.82) is 0 Å². The Kier molecular flexibility index (Phi) is 3.39. The quantitative estimate of drug-likeness (QED) is 0.675.